The van der Waals surface area contributed by atoms with Crippen molar-refractivity contribution >= 4 is 16.3 Å². The highest BCUT2D eigenvalue weighted by Gasteiger charge is 2.08. The molecule has 4 nitrogen and oxygen atoms in total. The van der Waals surface area contributed by atoms with Gasteiger partial charge in [0, 0.05) is 13.0 Å². The van der Waals surface area contributed by atoms with E-state index in [2.05, 4.69) is 11.6 Å². The highest BCUT2D eigenvalue weighted by atomic mass is 32.2. The number of allylic oxidation sites excluding steroid dienone is 2. The number of sulfonamides is 1. The third-order valence-electron chi connectivity index (χ3n) is 3.29. The van der Waals surface area contributed by atoms with E-state index < -0.39 is 10.0 Å². The van der Waals surface area contributed by atoms with Gasteiger partial charge in [-0.15, -0.1) is 0 Å². The molecule has 0 bridgehead atoms. The first kappa shape index (κ1) is 20.3. The average molecular weight is 317 g/mol. The van der Waals surface area contributed by atoms with Crippen molar-refractivity contribution < 1.29 is 13.2 Å². The summed E-state index contributed by atoms with van der Waals surface area (Å²) in [7, 11) is -3.08. The highest BCUT2D eigenvalue weighted by molar-refractivity contribution is 7.89. The molecule has 124 valence electrons. The first-order valence-corrected chi connectivity index (χ1v) is 9.83. The molecule has 0 aliphatic rings. The monoisotopic (exact) mass is 317 g/mol. The molecule has 0 saturated carbocycles. The van der Waals surface area contributed by atoms with Gasteiger partial charge in [0.25, 0.3) is 0 Å². The van der Waals surface area contributed by atoms with E-state index in [9.17, 15) is 13.2 Å². The topological polar surface area (TPSA) is 63.2 Å². The lowest BCUT2D eigenvalue weighted by Crippen LogP contribution is -2.27. The Hall–Kier alpha value is -0.680. The fourth-order valence-corrected chi connectivity index (χ4v) is 3.21. The van der Waals surface area contributed by atoms with Gasteiger partial charge in [-0.25, -0.2) is 13.1 Å². The molecule has 0 aliphatic carbocycles. The lowest BCUT2D eigenvalue weighted by atomic mass is 10.1. The molecule has 0 aromatic rings. The van der Waals surface area contributed by atoms with Gasteiger partial charge in [-0.1, -0.05) is 51.2 Å². The highest BCUT2D eigenvalue weighted by Crippen LogP contribution is 2.05. The zero-order valence-corrected chi connectivity index (χ0v) is 14.2. The van der Waals surface area contributed by atoms with E-state index >= 15 is 0 Å². The Morgan fingerprint density at radius 1 is 0.905 bits per heavy atom. The summed E-state index contributed by atoms with van der Waals surface area (Å²) in [5.41, 5.74) is 0. The first-order valence-electron chi connectivity index (χ1n) is 8.18. The number of unbranched alkanes of at least 4 members (excludes halogenated alkanes) is 7. The van der Waals surface area contributed by atoms with Gasteiger partial charge < -0.3 is 4.79 Å². The summed E-state index contributed by atoms with van der Waals surface area (Å²) in [6.07, 6.45) is 14.4. The number of hydrogen-bond donors (Lipinski definition) is 1. The summed E-state index contributed by atoms with van der Waals surface area (Å²) in [5.74, 6) is 0.238. The van der Waals surface area contributed by atoms with E-state index in [1.807, 2.05) is 12.2 Å². The molecule has 0 rings (SSSR count). The van der Waals surface area contributed by atoms with Crippen molar-refractivity contribution in [2.75, 3.05) is 12.3 Å². The lowest BCUT2D eigenvalue weighted by molar-refractivity contribution is -0.107. The minimum absolute atomic E-state index is 0.238. The number of hydrogen-bond acceptors (Lipinski definition) is 3. The smallest absolute Gasteiger partial charge is 0.211 e. The van der Waals surface area contributed by atoms with E-state index in [4.69, 9.17) is 0 Å². The van der Waals surface area contributed by atoms with Crippen LogP contribution in [0.25, 0.3) is 0 Å². The van der Waals surface area contributed by atoms with E-state index in [-0.39, 0.29) is 5.75 Å². The van der Waals surface area contributed by atoms with Crippen molar-refractivity contribution in [3.05, 3.63) is 12.2 Å². The molecule has 0 spiro atoms. The van der Waals surface area contributed by atoms with Gasteiger partial charge in [-0.2, -0.15) is 0 Å². The Bertz CT molecular complexity index is 364. The van der Waals surface area contributed by atoms with Crippen molar-refractivity contribution in [3.63, 3.8) is 0 Å². The van der Waals surface area contributed by atoms with Crippen molar-refractivity contribution in [1.29, 1.82) is 0 Å². The molecule has 0 unspecified atom stereocenters. The summed E-state index contributed by atoms with van der Waals surface area (Å²) in [6.45, 7) is 2.71. The Morgan fingerprint density at radius 2 is 1.62 bits per heavy atom. The number of carbonyl (C=O) groups excluding carboxylic acids is 1. The zero-order valence-electron chi connectivity index (χ0n) is 13.4. The molecule has 0 fully saturated rings. The standard InChI is InChI=1S/C16H31NO3S/c1-2-3-4-11-14-17-21(19,20)16-13-10-8-6-5-7-9-12-15-18/h7,9,15,17H,2-6,8,10-14,16H2,1H3. The number of aldehydes is 1. The molecular weight excluding hydrogens is 286 g/mol. The van der Waals surface area contributed by atoms with Crippen LogP contribution >= 0.6 is 0 Å². The quantitative estimate of drug-likeness (QED) is 0.285. The zero-order chi connectivity index (χ0) is 15.8. The summed E-state index contributed by atoms with van der Waals surface area (Å²) >= 11 is 0. The maximum atomic E-state index is 11.7. The van der Waals surface area contributed by atoms with Gasteiger partial charge in [-0.3, -0.25) is 0 Å². The van der Waals surface area contributed by atoms with Crippen LogP contribution in [0.2, 0.25) is 0 Å². The van der Waals surface area contributed by atoms with Crippen LogP contribution in [0.3, 0.4) is 0 Å². The van der Waals surface area contributed by atoms with Crippen LogP contribution in [0.4, 0.5) is 0 Å². The number of carbonyl (C=O) groups is 1. The predicted molar refractivity (Wildman–Crippen MR) is 88.8 cm³/mol. The molecule has 21 heavy (non-hydrogen) atoms. The van der Waals surface area contributed by atoms with Crippen molar-refractivity contribution in [2.24, 2.45) is 0 Å². The molecule has 0 amide bonds. The molecule has 0 heterocycles. The molecule has 5 heteroatoms. The van der Waals surface area contributed by atoms with E-state index in [0.717, 1.165) is 57.7 Å². The second-order valence-corrected chi connectivity index (χ2v) is 7.28. The fraction of sp³-hybridized carbons (Fsp3) is 0.812. The van der Waals surface area contributed by atoms with Gasteiger partial charge >= 0.3 is 0 Å². The van der Waals surface area contributed by atoms with E-state index in [0.29, 0.717) is 13.0 Å². The second-order valence-electron chi connectivity index (χ2n) is 5.35. The van der Waals surface area contributed by atoms with E-state index in [1.54, 1.807) is 0 Å². The van der Waals surface area contributed by atoms with Crippen LogP contribution < -0.4 is 4.72 Å². The number of nitrogens with one attached hydrogen (secondary N) is 1. The summed E-state index contributed by atoms with van der Waals surface area (Å²) in [4.78, 5) is 10.1. The van der Waals surface area contributed by atoms with Crippen LogP contribution in [-0.4, -0.2) is 27.0 Å². The molecule has 0 aliphatic heterocycles. The SMILES string of the molecule is CCCCCCNS(=O)(=O)CCCCCCC=CCC=O. The van der Waals surface area contributed by atoms with Crippen LogP contribution in [-0.2, 0) is 14.8 Å². The minimum atomic E-state index is -3.08. The Balaban J connectivity index is 3.46. The minimum Gasteiger partial charge on any atom is -0.303 e. The Morgan fingerprint density at radius 3 is 2.33 bits per heavy atom. The van der Waals surface area contributed by atoms with Crippen molar-refractivity contribution in [2.45, 2.75) is 71.1 Å². The normalized spacial score (nSPS) is 12.0. The summed E-state index contributed by atoms with van der Waals surface area (Å²) < 4.78 is 26.1. The molecule has 0 aromatic carbocycles. The van der Waals surface area contributed by atoms with Crippen LogP contribution in [0.1, 0.15) is 71.1 Å². The maximum absolute atomic E-state index is 11.7. The number of rotatable bonds is 15. The Kier molecular flexibility index (Phi) is 13.8. The van der Waals surface area contributed by atoms with Crippen LogP contribution in [0.5, 0.6) is 0 Å². The van der Waals surface area contributed by atoms with Crippen LogP contribution in [0, 0.1) is 0 Å². The average Bonchev–Trinajstić information content (AvgIpc) is 2.45. The van der Waals surface area contributed by atoms with Crippen LogP contribution in [0.15, 0.2) is 12.2 Å². The van der Waals surface area contributed by atoms with E-state index in [1.165, 1.54) is 6.42 Å². The van der Waals surface area contributed by atoms with Crippen molar-refractivity contribution in [3.8, 4) is 0 Å². The van der Waals surface area contributed by atoms with Gasteiger partial charge in [0.1, 0.15) is 6.29 Å². The lowest BCUT2D eigenvalue weighted by Gasteiger charge is -2.06. The Labute approximate surface area is 130 Å². The summed E-state index contributed by atoms with van der Waals surface area (Å²) in [6, 6.07) is 0. The van der Waals surface area contributed by atoms with Gasteiger partial charge in [0.15, 0.2) is 0 Å². The largest absolute Gasteiger partial charge is 0.303 e. The van der Waals surface area contributed by atoms with Gasteiger partial charge in [0.05, 0.1) is 5.75 Å². The third-order valence-corrected chi connectivity index (χ3v) is 4.76. The maximum Gasteiger partial charge on any atom is 0.211 e. The molecule has 1 N–H and O–H groups in total. The second kappa shape index (κ2) is 14.3. The molecular formula is C16H31NO3S. The van der Waals surface area contributed by atoms with Gasteiger partial charge in [-0.05, 0) is 25.7 Å². The molecule has 0 atom stereocenters. The molecule has 0 aromatic heterocycles. The molecule has 0 saturated heterocycles. The molecule has 0 radical (unpaired) electrons. The fourth-order valence-electron chi connectivity index (χ4n) is 2.03. The summed E-state index contributed by atoms with van der Waals surface area (Å²) in [5, 5.41) is 0. The predicted octanol–water partition coefficient (Wildman–Crippen LogP) is 3.58. The van der Waals surface area contributed by atoms with Crippen molar-refractivity contribution in [1.82, 2.24) is 4.72 Å². The first-order chi connectivity index (χ1) is 10.1. The van der Waals surface area contributed by atoms with Gasteiger partial charge in [0.2, 0.25) is 10.0 Å². The third kappa shape index (κ3) is 15.5.